The number of hydrogen-bond donors (Lipinski definition) is 0. The quantitative estimate of drug-likeness (QED) is 0.471. The van der Waals surface area contributed by atoms with Gasteiger partial charge in [-0.1, -0.05) is 11.6 Å². The van der Waals surface area contributed by atoms with Crippen LogP contribution in [0.5, 0.6) is 5.75 Å². The highest BCUT2D eigenvalue weighted by molar-refractivity contribution is 6.32. The van der Waals surface area contributed by atoms with Crippen LogP contribution >= 0.6 is 11.6 Å². The molecular weight excluding hydrogens is 358 g/mol. The lowest BCUT2D eigenvalue weighted by Gasteiger charge is -2.08. The van der Waals surface area contributed by atoms with E-state index in [4.69, 9.17) is 20.8 Å². The van der Waals surface area contributed by atoms with Crippen molar-refractivity contribution in [3.05, 3.63) is 68.0 Å². The molecule has 0 atom stereocenters. The molecule has 0 N–H and O–H groups in total. The molecule has 0 bridgehead atoms. The lowest BCUT2D eigenvalue weighted by atomic mass is 10.1. The number of nitrogens with zero attached hydrogens (tertiary/aromatic N) is 3. The van der Waals surface area contributed by atoms with Gasteiger partial charge in [-0.05, 0) is 56.2 Å². The van der Waals surface area contributed by atoms with Gasteiger partial charge in [0.2, 0.25) is 5.89 Å². The van der Waals surface area contributed by atoms with E-state index in [1.807, 2.05) is 26.0 Å². The zero-order valence-corrected chi connectivity index (χ0v) is 15.2. The molecule has 1 heterocycles. The molecule has 3 aromatic rings. The lowest BCUT2D eigenvalue weighted by molar-refractivity contribution is -0.385. The normalized spacial score (nSPS) is 10.8. The Morgan fingerprint density at radius 3 is 2.42 bits per heavy atom. The Kier molecular flexibility index (Phi) is 4.90. The third kappa shape index (κ3) is 3.67. The highest BCUT2D eigenvalue weighted by atomic mass is 35.5. The summed E-state index contributed by atoms with van der Waals surface area (Å²) in [6.45, 7) is 5.58. The molecule has 1 aromatic heterocycles. The third-order valence-corrected chi connectivity index (χ3v) is 4.48. The molecule has 0 aliphatic heterocycles. The van der Waals surface area contributed by atoms with Crippen LogP contribution in [-0.2, 0) is 6.61 Å². The van der Waals surface area contributed by atoms with Crippen LogP contribution in [0.15, 0.2) is 34.7 Å². The molecule has 0 spiro atoms. The maximum absolute atomic E-state index is 10.9. The Hall–Kier alpha value is -2.93. The number of aryl methyl sites for hydroxylation is 3. The highest BCUT2D eigenvalue weighted by Gasteiger charge is 2.15. The van der Waals surface area contributed by atoms with Crippen LogP contribution in [0.25, 0.3) is 11.5 Å². The lowest BCUT2D eigenvalue weighted by Crippen LogP contribution is -1.97. The maximum atomic E-state index is 10.9. The summed E-state index contributed by atoms with van der Waals surface area (Å²) in [6.07, 6.45) is 0. The van der Waals surface area contributed by atoms with Gasteiger partial charge in [0, 0.05) is 22.2 Å². The summed E-state index contributed by atoms with van der Waals surface area (Å²) in [5.41, 5.74) is 3.04. The first-order chi connectivity index (χ1) is 12.3. The average Bonchev–Trinajstić information content (AvgIpc) is 3.06. The van der Waals surface area contributed by atoms with Crippen LogP contribution in [0.4, 0.5) is 5.69 Å². The molecule has 0 radical (unpaired) electrons. The number of halogens is 1. The van der Waals surface area contributed by atoms with Gasteiger partial charge in [-0.2, -0.15) is 0 Å². The number of hydrogen-bond acceptors (Lipinski definition) is 6. The van der Waals surface area contributed by atoms with Crippen LogP contribution in [0.2, 0.25) is 5.02 Å². The topological polar surface area (TPSA) is 91.3 Å². The van der Waals surface area contributed by atoms with E-state index < -0.39 is 4.92 Å². The summed E-state index contributed by atoms with van der Waals surface area (Å²) in [5.74, 6) is 1.25. The highest BCUT2D eigenvalue weighted by Crippen LogP contribution is 2.27. The number of ether oxygens (including phenoxy) is 1. The van der Waals surface area contributed by atoms with E-state index in [-0.39, 0.29) is 18.2 Å². The van der Waals surface area contributed by atoms with Gasteiger partial charge >= 0.3 is 0 Å². The van der Waals surface area contributed by atoms with E-state index in [0.717, 1.165) is 11.1 Å². The fourth-order valence-corrected chi connectivity index (χ4v) is 2.67. The molecule has 0 saturated heterocycles. The van der Waals surface area contributed by atoms with Crippen LogP contribution in [0, 0.1) is 30.9 Å². The van der Waals surface area contributed by atoms with Crippen molar-refractivity contribution in [2.45, 2.75) is 27.4 Å². The Balaban J connectivity index is 1.74. The van der Waals surface area contributed by atoms with Gasteiger partial charge in [-0.25, -0.2) is 0 Å². The standard InChI is InChI=1S/C18H16ClN3O4/c1-10-6-13(4-5-15(10)22(23)24)18-21-20-16(26-18)9-25-14-7-11(2)17(19)12(3)8-14/h4-8H,9H2,1-3H3. The summed E-state index contributed by atoms with van der Waals surface area (Å²) >= 11 is 6.14. The predicted molar refractivity (Wildman–Crippen MR) is 96.4 cm³/mol. The fraction of sp³-hybridized carbons (Fsp3) is 0.222. The van der Waals surface area contributed by atoms with E-state index in [9.17, 15) is 10.1 Å². The zero-order chi connectivity index (χ0) is 18.8. The third-order valence-electron chi connectivity index (χ3n) is 3.88. The Bertz CT molecular complexity index is 961. The molecule has 0 aliphatic carbocycles. The predicted octanol–water partition coefficient (Wildman–Crippen LogP) is 4.80. The second-order valence-electron chi connectivity index (χ2n) is 5.92. The van der Waals surface area contributed by atoms with Gasteiger partial charge in [0.15, 0.2) is 6.61 Å². The summed E-state index contributed by atoms with van der Waals surface area (Å²) in [4.78, 5) is 10.5. The van der Waals surface area contributed by atoms with E-state index in [0.29, 0.717) is 27.8 Å². The summed E-state index contributed by atoms with van der Waals surface area (Å²) < 4.78 is 11.3. The van der Waals surface area contributed by atoms with Crippen LogP contribution in [0.3, 0.4) is 0 Å². The van der Waals surface area contributed by atoms with Gasteiger partial charge in [0.05, 0.1) is 4.92 Å². The molecule has 0 fully saturated rings. The van der Waals surface area contributed by atoms with Crippen molar-refractivity contribution < 1.29 is 14.1 Å². The van der Waals surface area contributed by atoms with E-state index >= 15 is 0 Å². The molecule has 0 saturated carbocycles. The van der Waals surface area contributed by atoms with Gasteiger partial charge in [0.1, 0.15) is 5.75 Å². The Morgan fingerprint density at radius 1 is 1.12 bits per heavy atom. The van der Waals surface area contributed by atoms with Crippen molar-refractivity contribution in [1.29, 1.82) is 0 Å². The molecule has 3 rings (SSSR count). The van der Waals surface area contributed by atoms with E-state index in [1.165, 1.54) is 6.07 Å². The molecule has 134 valence electrons. The number of benzene rings is 2. The minimum absolute atomic E-state index is 0.0466. The second-order valence-corrected chi connectivity index (χ2v) is 6.30. The Morgan fingerprint density at radius 2 is 1.81 bits per heavy atom. The molecular formula is C18H16ClN3O4. The van der Waals surface area contributed by atoms with E-state index in [2.05, 4.69) is 10.2 Å². The summed E-state index contributed by atoms with van der Waals surface area (Å²) in [7, 11) is 0. The molecule has 8 heteroatoms. The van der Waals surface area contributed by atoms with Crippen LogP contribution in [-0.4, -0.2) is 15.1 Å². The molecule has 2 aromatic carbocycles. The fourth-order valence-electron chi connectivity index (χ4n) is 2.56. The summed E-state index contributed by atoms with van der Waals surface area (Å²) in [5, 5.41) is 19.5. The molecule has 7 nitrogen and oxygen atoms in total. The second kappa shape index (κ2) is 7.13. The number of nitro groups is 1. The van der Waals surface area contributed by atoms with Gasteiger partial charge < -0.3 is 9.15 Å². The largest absolute Gasteiger partial charge is 0.484 e. The Labute approximate surface area is 154 Å². The molecule has 0 amide bonds. The molecule has 0 aliphatic rings. The van der Waals surface area contributed by atoms with Gasteiger partial charge in [-0.3, -0.25) is 10.1 Å². The monoisotopic (exact) mass is 373 g/mol. The number of nitro benzene ring substituents is 1. The first-order valence-corrected chi connectivity index (χ1v) is 8.20. The van der Waals surface area contributed by atoms with Crippen molar-refractivity contribution in [1.82, 2.24) is 10.2 Å². The van der Waals surface area contributed by atoms with E-state index in [1.54, 1.807) is 19.1 Å². The zero-order valence-electron chi connectivity index (χ0n) is 14.4. The summed E-state index contributed by atoms with van der Waals surface area (Å²) in [6, 6.07) is 8.32. The first kappa shape index (κ1) is 17.9. The SMILES string of the molecule is Cc1cc(-c2nnc(COc3cc(C)c(Cl)c(C)c3)o2)ccc1[N+](=O)[O-]. The number of rotatable bonds is 5. The van der Waals surface area contributed by atoms with Crippen LogP contribution in [0.1, 0.15) is 22.6 Å². The van der Waals surface area contributed by atoms with Crippen molar-refractivity contribution in [2.75, 3.05) is 0 Å². The van der Waals surface area contributed by atoms with Gasteiger partial charge in [-0.15, -0.1) is 10.2 Å². The van der Waals surface area contributed by atoms with Crippen molar-refractivity contribution in [2.24, 2.45) is 0 Å². The van der Waals surface area contributed by atoms with Crippen molar-refractivity contribution >= 4 is 17.3 Å². The molecule has 0 unspecified atom stereocenters. The first-order valence-electron chi connectivity index (χ1n) is 7.82. The minimum atomic E-state index is -0.428. The molecule has 26 heavy (non-hydrogen) atoms. The van der Waals surface area contributed by atoms with Crippen LogP contribution < -0.4 is 4.74 Å². The maximum Gasteiger partial charge on any atom is 0.272 e. The smallest absolute Gasteiger partial charge is 0.272 e. The van der Waals surface area contributed by atoms with Crippen molar-refractivity contribution in [3.63, 3.8) is 0 Å². The van der Waals surface area contributed by atoms with Crippen molar-refractivity contribution in [3.8, 4) is 17.2 Å². The number of aromatic nitrogens is 2. The average molecular weight is 374 g/mol. The van der Waals surface area contributed by atoms with Gasteiger partial charge in [0.25, 0.3) is 11.6 Å². The minimum Gasteiger partial charge on any atom is -0.484 e.